The van der Waals surface area contributed by atoms with Crippen LogP contribution in [0.1, 0.15) is 5.56 Å². The van der Waals surface area contributed by atoms with Crippen LogP contribution in [0.15, 0.2) is 30.3 Å². The first-order valence-corrected chi connectivity index (χ1v) is 8.20. The van der Waals surface area contributed by atoms with Gasteiger partial charge in [-0.1, -0.05) is 17.7 Å². The van der Waals surface area contributed by atoms with Gasteiger partial charge >= 0.3 is 0 Å². The van der Waals surface area contributed by atoms with Crippen molar-refractivity contribution in [3.8, 4) is 11.5 Å². The fraction of sp³-hybridized carbons (Fsp3) is 0.235. The highest BCUT2D eigenvalue weighted by molar-refractivity contribution is 6.33. The summed E-state index contributed by atoms with van der Waals surface area (Å²) in [4.78, 5) is 22.7. The molecule has 0 fully saturated rings. The summed E-state index contributed by atoms with van der Waals surface area (Å²) in [5, 5.41) is 16.9. The van der Waals surface area contributed by atoms with Crippen molar-refractivity contribution in [3.63, 3.8) is 0 Å². The Labute approximate surface area is 154 Å². The zero-order valence-electron chi connectivity index (χ0n) is 13.9. The van der Waals surface area contributed by atoms with Crippen molar-refractivity contribution in [2.45, 2.75) is 6.92 Å². The number of benzene rings is 2. The van der Waals surface area contributed by atoms with E-state index in [0.29, 0.717) is 46.7 Å². The molecule has 26 heavy (non-hydrogen) atoms. The minimum atomic E-state index is -0.488. The van der Waals surface area contributed by atoms with Crippen LogP contribution in [-0.2, 0) is 4.79 Å². The third kappa shape index (κ3) is 3.80. The zero-order chi connectivity index (χ0) is 18.7. The Morgan fingerprint density at radius 1 is 1.23 bits per heavy atom. The number of anilines is 2. The first-order valence-electron chi connectivity index (χ1n) is 7.82. The van der Waals surface area contributed by atoms with Gasteiger partial charge in [0.15, 0.2) is 11.5 Å². The number of halogens is 1. The number of nitrogens with zero attached hydrogens (tertiary/aromatic N) is 1. The predicted molar refractivity (Wildman–Crippen MR) is 97.4 cm³/mol. The number of amides is 1. The Morgan fingerprint density at radius 3 is 2.62 bits per heavy atom. The highest BCUT2D eigenvalue weighted by Gasteiger charge is 2.17. The second-order valence-electron chi connectivity index (χ2n) is 5.58. The molecule has 0 atom stereocenters. The molecule has 0 aliphatic carbocycles. The van der Waals surface area contributed by atoms with Gasteiger partial charge in [-0.15, -0.1) is 0 Å². The molecule has 136 valence electrons. The molecule has 0 radical (unpaired) electrons. The molecule has 0 bridgehead atoms. The number of hydrogen-bond donors (Lipinski definition) is 2. The second kappa shape index (κ2) is 7.49. The highest BCUT2D eigenvalue weighted by atomic mass is 35.5. The van der Waals surface area contributed by atoms with Crippen LogP contribution in [0.25, 0.3) is 0 Å². The standard InChI is InChI=1S/C17H16ClN3O5/c1-10-12(3-2-4-14(10)21(23)24)20-17(22)9-19-13-8-16-15(7-11(13)18)25-5-6-26-16/h2-4,7-8,19H,5-6,9H2,1H3,(H,20,22). The first-order chi connectivity index (χ1) is 12.5. The summed E-state index contributed by atoms with van der Waals surface area (Å²) >= 11 is 6.18. The highest BCUT2D eigenvalue weighted by Crippen LogP contribution is 2.37. The minimum Gasteiger partial charge on any atom is -0.486 e. The van der Waals surface area contributed by atoms with E-state index in [1.165, 1.54) is 12.1 Å². The van der Waals surface area contributed by atoms with Gasteiger partial charge < -0.3 is 20.1 Å². The largest absolute Gasteiger partial charge is 0.486 e. The Balaban J connectivity index is 1.67. The number of nitrogens with one attached hydrogen (secondary N) is 2. The summed E-state index contributed by atoms with van der Waals surface area (Å²) < 4.78 is 10.9. The van der Waals surface area contributed by atoms with Gasteiger partial charge in [0.05, 0.1) is 33.4 Å². The monoisotopic (exact) mass is 377 g/mol. The SMILES string of the molecule is Cc1c(NC(=O)CNc2cc3c(cc2Cl)OCCO3)cccc1[N+](=O)[O-]. The summed E-state index contributed by atoms with van der Waals surface area (Å²) in [6.07, 6.45) is 0. The molecule has 0 aromatic heterocycles. The van der Waals surface area contributed by atoms with Gasteiger partial charge in [-0.3, -0.25) is 14.9 Å². The van der Waals surface area contributed by atoms with Crippen molar-refractivity contribution in [3.05, 3.63) is 51.0 Å². The van der Waals surface area contributed by atoms with Crippen LogP contribution in [0.5, 0.6) is 11.5 Å². The lowest BCUT2D eigenvalue weighted by Crippen LogP contribution is -2.22. The normalized spacial score (nSPS) is 12.4. The van der Waals surface area contributed by atoms with E-state index in [0.717, 1.165) is 0 Å². The van der Waals surface area contributed by atoms with Gasteiger partial charge in [0, 0.05) is 18.2 Å². The molecule has 1 heterocycles. The molecule has 0 unspecified atom stereocenters. The number of carbonyl (C=O) groups excluding carboxylic acids is 1. The van der Waals surface area contributed by atoms with Gasteiger partial charge in [0.2, 0.25) is 5.91 Å². The van der Waals surface area contributed by atoms with Crippen LogP contribution < -0.4 is 20.1 Å². The number of ether oxygens (including phenoxy) is 2. The van der Waals surface area contributed by atoms with Crippen LogP contribution in [-0.4, -0.2) is 30.6 Å². The Hall–Kier alpha value is -3.00. The smallest absolute Gasteiger partial charge is 0.274 e. The molecule has 0 saturated carbocycles. The van der Waals surface area contributed by atoms with E-state index in [9.17, 15) is 14.9 Å². The molecule has 3 rings (SSSR count). The van der Waals surface area contributed by atoms with E-state index >= 15 is 0 Å². The topological polar surface area (TPSA) is 103 Å². The molecule has 1 aliphatic heterocycles. The lowest BCUT2D eigenvalue weighted by molar-refractivity contribution is -0.385. The van der Waals surface area contributed by atoms with Gasteiger partial charge in [0.25, 0.3) is 5.69 Å². The van der Waals surface area contributed by atoms with Crippen molar-refractivity contribution in [1.82, 2.24) is 0 Å². The predicted octanol–water partition coefficient (Wildman–Crippen LogP) is 3.38. The summed E-state index contributed by atoms with van der Waals surface area (Å²) in [7, 11) is 0. The van der Waals surface area contributed by atoms with Gasteiger partial charge in [0.1, 0.15) is 13.2 Å². The Kier molecular flexibility index (Phi) is 5.13. The Bertz CT molecular complexity index is 872. The number of nitro groups is 1. The van der Waals surface area contributed by atoms with Crippen LogP contribution in [0, 0.1) is 17.0 Å². The third-order valence-corrected chi connectivity index (χ3v) is 4.16. The molecule has 9 heteroatoms. The van der Waals surface area contributed by atoms with E-state index in [2.05, 4.69) is 10.6 Å². The van der Waals surface area contributed by atoms with Crippen LogP contribution in [0.4, 0.5) is 17.1 Å². The van der Waals surface area contributed by atoms with Crippen LogP contribution >= 0.6 is 11.6 Å². The quantitative estimate of drug-likeness (QED) is 0.611. The number of hydrogen-bond acceptors (Lipinski definition) is 6. The molecule has 2 aromatic rings. The number of fused-ring (bicyclic) bond motifs is 1. The molecular formula is C17H16ClN3O5. The number of rotatable bonds is 5. The fourth-order valence-electron chi connectivity index (χ4n) is 2.53. The molecule has 2 N–H and O–H groups in total. The van der Waals surface area contributed by atoms with Crippen molar-refractivity contribution >= 4 is 34.6 Å². The molecule has 0 saturated heterocycles. The molecule has 8 nitrogen and oxygen atoms in total. The van der Waals surface area contributed by atoms with Crippen molar-refractivity contribution < 1.29 is 19.2 Å². The van der Waals surface area contributed by atoms with Gasteiger partial charge in [-0.25, -0.2) is 0 Å². The van der Waals surface area contributed by atoms with Crippen LogP contribution in [0.2, 0.25) is 5.02 Å². The van der Waals surface area contributed by atoms with Gasteiger partial charge in [-0.05, 0) is 13.0 Å². The zero-order valence-corrected chi connectivity index (χ0v) is 14.6. The average Bonchev–Trinajstić information content (AvgIpc) is 2.61. The maximum atomic E-state index is 12.2. The number of nitro benzene ring substituents is 1. The lowest BCUT2D eigenvalue weighted by atomic mass is 10.1. The molecular weight excluding hydrogens is 362 g/mol. The van der Waals surface area contributed by atoms with Crippen LogP contribution in [0.3, 0.4) is 0 Å². The maximum Gasteiger partial charge on any atom is 0.274 e. The Morgan fingerprint density at radius 2 is 1.92 bits per heavy atom. The van der Waals surface area contributed by atoms with E-state index in [-0.39, 0.29) is 18.1 Å². The maximum absolute atomic E-state index is 12.2. The number of carbonyl (C=O) groups is 1. The van der Waals surface area contributed by atoms with Crippen molar-refractivity contribution in [2.24, 2.45) is 0 Å². The first kappa shape index (κ1) is 17.8. The summed E-state index contributed by atoms with van der Waals surface area (Å²) in [5.41, 5.74) is 1.26. The molecule has 1 aliphatic rings. The molecule has 0 spiro atoms. The average molecular weight is 378 g/mol. The third-order valence-electron chi connectivity index (χ3n) is 3.85. The summed E-state index contributed by atoms with van der Waals surface area (Å²) in [6, 6.07) is 7.81. The van der Waals surface area contributed by atoms with Crippen molar-refractivity contribution in [2.75, 3.05) is 30.4 Å². The van der Waals surface area contributed by atoms with E-state index < -0.39 is 4.92 Å². The second-order valence-corrected chi connectivity index (χ2v) is 5.99. The van der Waals surface area contributed by atoms with Gasteiger partial charge in [-0.2, -0.15) is 0 Å². The van der Waals surface area contributed by atoms with E-state index in [1.807, 2.05) is 0 Å². The molecule has 1 amide bonds. The van der Waals surface area contributed by atoms with Crippen molar-refractivity contribution in [1.29, 1.82) is 0 Å². The summed E-state index contributed by atoms with van der Waals surface area (Å²) in [5.74, 6) is 0.751. The molecule has 2 aromatic carbocycles. The fourth-order valence-corrected chi connectivity index (χ4v) is 2.75. The van der Waals surface area contributed by atoms with E-state index in [4.69, 9.17) is 21.1 Å². The van der Waals surface area contributed by atoms with E-state index in [1.54, 1.807) is 25.1 Å². The summed E-state index contributed by atoms with van der Waals surface area (Å²) in [6.45, 7) is 2.42. The lowest BCUT2D eigenvalue weighted by Gasteiger charge is -2.20. The minimum absolute atomic E-state index is 0.0503.